The number of carbonyl (C=O) groups is 1. The van der Waals surface area contributed by atoms with Crippen LogP contribution in [0, 0.1) is 6.92 Å². The molecule has 0 spiro atoms. The minimum Gasteiger partial charge on any atom is -0.481 e. The maximum atomic E-state index is 10.5. The molecule has 0 saturated carbocycles. The summed E-state index contributed by atoms with van der Waals surface area (Å²) in [7, 11) is 0. The molecule has 0 amide bonds. The van der Waals surface area contributed by atoms with Gasteiger partial charge in [-0.1, -0.05) is 23.9 Å². The zero-order chi connectivity index (χ0) is 12.3. The molecule has 0 unspecified atom stereocenters. The predicted octanol–water partition coefficient (Wildman–Crippen LogP) is 1.15. The molecule has 2 aromatic rings. The third kappa shape index (κ3) is 2.82. The fourth-order valence-corrected chi connectivity index (χ4v) is 1.93. The molecule has 0 aliphatic carbocycles. The van der Waals surface area contributed by atoms with Crippen molar-refractivity contribution >= 4 is 17.7 Å². The number of benzene rings is 1. The van der Waals surface area contributed by atoms with E-state index in [1.807, 2.05) is 31.2 Å². The van der Waals surface area contributed by atoms with Gasteiger partial charge in [-0.05, 0) is 35.0 Å². The highest BCUT2D eigenvalue weighted by atomic mass is 32.2. The predicted molar refractivity (Wildman–Crippen MR) is 62.3 cm³/mol. The van der Waals surface area contributed by atoms with Gasteiger partial charge < -0.3 is 5.11 Å². The molecule has 17 heavy (non-hydrogen) atoms. The van der Waals surface area contributed by atoms with E-state index in [4.69, 9.17) is 5.11 Å². The van der Waals surface area contributed by atoms with Crippen molar-refractivity contribution in [2.75, 3.05) is 5.75 Å². The van der Waals surface area contributed by atoms with Gasteiger partial charge in [0, 0.05) is 0 Å². The molecule has 0 saturated heterocycles. The Hall–Kier alpha value is -1.89. The molecule has 0 bridgehead atoms. The van der Waals surface area contributed by atoms with Gasteiger partial charge in [-0.15, -0.1) is 5.10 Å². The van der Waals surface area contributed by atoms with E-state index in [0.717, 1.165) is 23.0 Å². The maximum absolute atomic E-state index is 10.5. The summed E-state index contributed by atoms with van der Waals surface area (Å²) in [5.74, 6) is -0.958. The summed E-state index contributed by atoms with van der Waals surface area (Å²) in [5.41, 5.74) is 1.91. The summed E-state index contributed by atoms with van der Waals surface area (Å²) < 4.78 is 1.53. The molecule has 6 nitrogen and oxygen atoms in total. The Morgan fingerprint density at radius 1 is 1.53 bits per heavy atom. The number of nitrogens with zero attached hydrogens (tertiary/aromatic N) is 4. The SMILES string of the molecule is Cc1cccc(-n2nnnc2SCC(=O)O)c1. The zero-order valence-corrected chi connectivity index (χ0v) is 9.89. The average molecular weight is 250 g/mol. The number of aromatic nitrogens is 4. The Morgan fingerprint density at radius 3 is 3.06 bits per heavy atom. The highest BCUT2D eigenvalue weighted by Crippen LogP contribution is 2.18. The van der Waals surface area contributed by atoms with E-state index < -0.39 is 5.97 Å². The molecule has 1 heterocycles. The third-order valence-electron chi connectivity index (χ3n) is 2.01. The Labute approximate surface area is 102 Å². The molecule has 2 rings (SSSR count). The minimum absolute atomic E-state index is 0.0633. The van der Waals surface area contributed by atoms with Crippen molar-refractivity contribution in [2.24, 2.45) is 0 Å². The molecule has 1 N–H and O–H groups in total. The van der Waals surface area contributed by atoms with Crippen LogP contribution in [0.25, 0.3) is 5.69 Å². The molecule has 0 aliphatic rings. The van der Waals surface area contributed by atoms with Crippen molar-refractivity contribution in [3.63, 3.8) is 0 Å². The van der Waals surface area contributed by atoms with Crippen LogP contribution in [0.4, 0.5) is 0 Å². The van der Waals surface area contributed by atoms with Crippen LogP contribution >= 0.6 is 11.8 Å². The second-order valence-corrected chi connectivity index (χ2v) is 4.34. The monoisotopic (exact) mass is 250 g/mol. The number of carboxylic acids is 1. The van der Waals surface area contributed by atoms with Crippen LogP contribution in [0.3, 0.4) is 0 Å². The van der Waals surface area contributed by atoms with Crippen LogP contribution in [0.2, 0.25) is 0 Å². The van der Waals surface area contributed by atoms with E-state index in [2.05, 4.69) is 15.5 Å². The summed E-state index contributed by atoms with van der Waals surface area (Å²) in [4.78, 5) is 10.5. The van der Waals surface area contributed by atoms with Gasteiger partial charge in [-0.2, -0.15) is 4.68 Å². The van der Waals surface area contributed by atoms with Gasteiger partial charge >= 0.3 is 5.97 Å². The Balaban J connectivity index is 2.27. The van der Waals surface area contributed by atoms with Gasteiger partial charge in [-0.3, -0.25) is 4.79 Å². The van der Waals surface area contributed by atoms with Gasteiger partial charge in [0.15, 0.2) is 0 Å². The molecule has 0 fully saturated rings. The first-order valence-electron chi connectivity index (χ1n) is 4.87. The van der Waals surface area contributed by atoms with Crippen molar-refractivity contribution in [1.29, 1.82) is 0 Å². The van der Waals surface area contributed by atoms with Crippen molar-refractivity contribution in [2.45, 2.75) is 12.1 Å². The second-order valence-electron chi connectivity index (χ2n) is 3.39. The van der Waals surface area contributed by atoms with Crippen LogP contribution in [-0.4, -0.2) is 37.0 Å². The van der Waals surface area contributed by atoms with Crippen LogP contribution in [0.1, 0.15) is 5.56 Å². The quantitative estimate of drug-likeness (QED) is 0.820. The summed E-state index contributed by atoms with van der Waals surface area (Å²) >= 11 is 1.09. The molecule has 0 radical (unpaired) electrons. The lowest BCUT2D eigenvalue weighted by molar-refractivity contribution is -0.133. The van der Waals surface area contributed by atoms with Gasteiger partial charge in [0.2, 0.25) is 5.16 Å². The smallest absolute Gasteiger partial charge is 0.313 e. The molecular weight excluding hydrogens is 240 g/mol. The first-order chi connectivity index (χ1) is 8.16. The Kier molecular flexibility index (Phi) is 3.38. The van der Waals surface area contributed by atoms with Crippen molar-refractivity contribution in [3.8, 4) is 5.69 Å². The molecule has 0 aliphatic heterocycles. The number of hydrogen-bond donors (Lipinski definition) is 1. The van der Waals surface area contributed by atoms with E-state index in [1.54, 1.807) is 0 Å². The lowest BCUT2D eigenvalue weighted by Crippen LogP contribution is -2.03. The number of rotatable bonds is 4. The molecule has 0 atom stereocenters. The molecule has 88 valence electrons. The normalized spacial score (nSPS) is 10.4. The van der Waals surface area contributed by atoms with E-state index >= 15 is 0 Å². The van der Waals surface area contributed by atoms with Crippen LogP contribution in [-0.2, 0) is 4.79 Å². The van der Waals surface area contributed by atoms with Crippen molar-refractivity contribution in [3.05, 3.63) is 29.8 Å². The standard InChI is InChI=1S/C10H10N4O2S/c1-7-3-2-4-8(5-7)14-10(11-12-13-14)17-6-9(15)16/h2-5H,6H2,1H3,(H,15,16). The second kappa shape index (κ2) is 4.96. The highest BCUT2D eigenvalue weighted by Gasteiger charge is 2.10. The number of aliphatic carboxylic acids is 1. The summed E-state index contributed by atoms with van der Waals surface area (Å²) in [5, 5.41) is 20.3. The lowest BCUT2D eigenvalue weighted by atomic mass is 10.2. The minimum atomic E-state index is -0.895. The van der Waals surface area contributed by atoms with Gasteiger partial charge in [0.1, 0.15) is 0 Å². The van der Waals surface area contributed by atoms with Crippen molar-refractivity contribution < 1.29 is 9.90 Å². The van der Waals surface area contributed by atoms with Crippen LogP contribution < -0.4 is 0 Å². The van der Waals surface area contributed by atoms with Crippen molar-refractivity contribution in [1.82, 2.24) is 20.2 Å². The number of carboxylic acid groups (broad SMARTS) is 1. The first-order valence-corrected chi connectivity index (χ1v) is 5.85. The zero-order valence-electron chi connectivity index (χ0n) is 9.07. The van der Waals surface area contributed by atoms with Crippen LogP contribution in [0.5, 0.6) is 0 Å². The topological polar surface area (TPSA) is 80.9 Å². The van der Waals surface area contributed by atoms with E-state index in [-0.39, 0.29) is 5.75 Å². The molecule has 1 aromatic carbocycles. The number of hydrogen-bond acceptors (Lipinski definition) is 5. The fraction of sp³-hybridized carbons (Fsp3) is 0.200. The largest absolute Gasteiger partial charge is 0.481 e. The number of thioether (sulfide) groups is 1. The van der Waals surface area contributed by atoms with Gasteiger partial charge in [0.25, 0.3) is 0 Å². The third-order valence-corrected chi connectivity index (χ3v) is 2.92. The number of aryl methyl sites for hydroxylation is 1. The van der Waals surface area contributed by atoms with Gasteiger partial charge in [0.05, 0.1) is 11.4 Å². The molecular formula is C10H10N4O2S. The summed E-state index contributed by atoms with van der Waals surface area (Å²) in [6, 6.07) is 7.67. The average Bonchev–Trinajstić information content (AvgIpc) is 2.74. The molecule has 1 aromatic heterocycles. The Bertz CT molecular complexity index is 541. The highest BCUT2D eigenvalue weighted by molar-refractivity contribution is 7.99. The lowest BCUT2D eigenvalue weighted by Gasteiger charge is -2.03. The van der Waals surface area contributed by atoms with E-state index in [0.29, 0.717) is 5.16 Å². The maximum Gasteiger partial charge on any atom is 0.313 e. The van der Waals surface area contributed by atoms with Gasteiger partial charge in [-0.25, -0.2) is 0 Å². The number of tetrazole rings is 1. The summed E-state index contributed by atoms with van der Waals surface area (Å²) in [6.45, 7) is 1.97. The molecule has 7 heteroatoms. The summed E-state index contributed by atoms with van der Waals surface area (Å²) in [6.07, 6.45) is 0. The fourth-order valence-electron chi connectivity index (χ4n) is 1.32. The Morgan fingerprint density at radius 2 is 2.35 bits per heavy atom. The first kappa shape index (κ1) is 11.6. The van der Waals surface area contributed by atoms with E-state index in [1.165, 1.54) is 4.68 Å². The van der Waals surface area contributed by atoms with E-state index in [9.17, 15) is 4.79 Å². The van der Waals surface area contributed by atoms with Crippen LogP contribution in [0.15, 0.2) is 29.4 Å².